The zero-order chi connectivity index (χ0) is 12.4. The van der Waals surface area contributed by atoms with Crippen LogP contribution in [0.2, 0.25) is 0 Å². The van der Waals surface area contributed by atoms with Crippen molar-refractivity contribution in [2.45, 2.75) is 51.2 Å². The number of hydrogen-bond donors (Lipinski definition) is 1. The van der Waals surface area contributed by atoms with E-state index in [4.69, 9.17) is 14.6 Å². The maximum atomic E-state index is 12.0. The van der Waals surface area contributed by atoms with Crippen LogP contribution in [0.15, 0.2) is 0 Å². The molecule has 1 N–H and O–H groups in total. The second-order valence-electron chi connectivity index (χ2n) is 5.28. The molecule has 4 heteroatoms. The van der Waals surface area contributed by atoms with E-state index in [2.05, 4.69) is 0 Å². The lowest BCUT2D eigenvalue weighted by Gasteiger charge is -2.44. The first-order chi connectivity index (χ1) is 8.15. The smallest absolute Gasteiger partial charge is 0.181 e. The highest BCUT2D eigenvalue weighted by Crippen LogP contribution is 2.51. The van der Waals surface area contributed by atoms with E-state index in [1.54, 1.807) is 0 Å². The van der Waals surface area contributed by atoms with Gasteiger partial charge >= 0.3 is 0 Å². The van der Waals surface area contributed by atoms with Crippen molar-refractivity contribution >= 4 is 5.78 Å². The van der Waals surface area contributed by atoms with E-state index >= 15 is 0 Å². The van der Waals surface area contributed by atoms with Crippen LogP contribution in [0.25, 0.3) is 0 Å². The molecule has 0 aromatic carbocycles. The fourth-order valence-electron chi connectivity index (χ4n) is 2.95. The number of hydrogen-bond acceptors (Lipinski definition) is 4. The Hall–Kier alpha value is -0.450. The van der Waals surface area contributed by atoms with Crippen molar-refractivity contribution in [3.05, 3.63) is 0 Å². The number of rotatable bonds is 5. The van der Waals surface area contributed by atoms with Crippen LogP contribution in [-0.4, -0.2) is 36.5 Å². The number of ketones is 1. The lowest BCUT2D eigenvalue weighted by Crippen LogP contribution is -2.50. The predicted octanol–water partition coefficient (Wildman–Crippen LogP) is 1.65. The Morgan fingerprint density at radius 3 is 2.88 bits per heavy atom. The van der Waals surface area contributed by atoms with E-state index in [0.717, 1.165) is 38.5 Å². The Bertz CT molecular complexity index is 291. The number of Topliss-reactive ketones (excluding diaryl/α,β-unsaturated/α-hetero) is 1. The molecule has 2 fully saturated rings. The van der Waals surface area contributed by atoms with E-state index in [0.29, 0.717) is 6.61 Å². The van der Waals surface area contributed by atoms with Crippen molar-refractivity contribution in [1.29, 1.82) is 0 Å². The van der Waals surface area contributed by atoms with E-state index in [9.17, 15) is 4.79 Å². The van der Waals surface area contributed by atoms with Gasteiger partial charge in [-0.2, -0.15) is 0 Å². The summed E-state index contributed by atoms with van der Waals surface area (Å²) in [6, 6.07) is 0. The first-order valence-electron chi connectivity index (χ1n) is 6.57. The summed E-state index contributed by atoms with van der Waals surface area (Å²) in [6.07, 6.45) is 5.36. The van der Waals surface area contributed by atoms with Crippen molar-refractivity contribution < 1.29 is 19.4 Å². The number of fused-ring (bicyclic) bond motifs is 1. The summed E-state index contributed by atoms with van der Waals surface area (Å²) in [5.41, 5.74) is -0.454. The molecule has 4 nitrogen and oxygen atoms in total. The minimum Gasteiger partial charge on any atom is -0.396 e. The maximum Gasteiger partial charge on any atom is 0.181 e. The van der Waals surface area contributed by atoms with Gasteiger partial charge in [-0.15, -0.1) is 0 Å². The molecule has 2 rings (SSSR count). The number of ether oxygens (including phenoxy) is 2. The quantitative estimate of drug-likeness (QED) is 0.745. The van der Waals surface area contributed by atoms with Gasteiger partial charge in [0.1, 0.15) is 6.61 Å². The highest BCUT2D eigenvalue weighted by Gasteiger charge is 2.60. The topological polar surface area (TPSA) is 55.8 Å². The zero-order valence-electron chi connectivity index (χ0n) is 10.5. The summed E-state index contributed by atoms with van der Waals surface area (Å²) in [7, 11) is 0. The van der Waals surface area contributed by atoms with Crippen molar-refractivity contribution in [3.63, 3.8) is 0 Å². The number of carbonyl (C=O) groups excluding carboxylic acids is 1. The molecular weight excluding hydrogens is 220 g/mol. The fourth-order valence-corrected chi connectivity index (χ4v) is 2.95. The minimum absolute atomic E-state index is 0.180. The molecule has 2 aliphatic rings. The Labute approximate surface area is 102 Å². The lowest BCUT2D eigenvalue weighted by atomic mass is 9.69. The highest BCUT2D eigenvalue weighted by atomic mass is 16.7. The van der Waals surface area contributed by atoms with Gasteiger partial charge < -0.3 is 14.6 Å². The third kappa shape index (κ3) is 2.14. The first kappa shape index (κ1) is 13.0. The Kier molecular flexibility index (Phi) is 3.85. The van der Waals surface area contributed by atoms with E-state index in [1.807, 2.05) is 6.92 Å². The molecular formula is C13H22O4. The van der Waals surface area contributed by atoms with Crippen LogP contribution in [0, 0.1) is 5.41 Å². The third-order valence-electron chi connectivity index (χ3n) is 4.21. The fraction of sp³-hybridized carbons (Fsp3) is 0.923. The summed E-state index contributed by atoms with van der Waals surface area (Å²) in [4.78, 5) is 12.0. The molecule has 0 radical (unpaired) electrons. The van der Waals surface area contributed by atoms with Gasteiger partial charge in [-0.3, -0.25) is 4.79 Å². The van der Waals surface area contributed by atoms with Gasteiger partial charge in [0.15, 0.2) is 11.6 Å². The Morgan fingerprint density at radius 2 is 2.12 bits per heavy atom. The molecule has 0 aromatic rings. The number of carbonyl (C=O) groups is 1. The van der Waals surface area contributed by atoms with Gasteiger partial charge in [0.2, 0.25) is 0 Å². The SMILES string of the molecule is C[C@]12CCCC[C@@]1(OCCCCO)OCC2=O. The normalized spacial score (nSPS) is 37.2. The summed E-state index contributed by atoms with van der Waals surface area (Å²) in [5.74, 6) is -0.503. The minimum atomic E-state index is -0.683. The lowest BCUT2D eigenvalue weighted by molar-refractivity contribution is -0.269. The molecule has 2 atom stereocenters. The second kappa shape index (κ2) is 5.04. The van der Waals surface area contributed by atoms with Crippen LogP contribution < -0.4 is 0 Å². The molecule has 0 amide bonds. The van der Waals surface area contributed by atoms with E-state index < -0.39 is 11.2 Å². The predicted molar refractivity (Wildman–Crippen MR) is 62.5 cm³/mol. The van der Waals surface area contributed by atoms with Crippen LogP contribution in [-0.2, 0) is 14.3 Å². The molecule has 17 heavy (non-hydrogen) atoms. The second-order valence-corrected chi connectivity index (χ2v) is 5.28. The molecule has 1 heterocycles. The largest absolute Gasteiger partial charge is 0.396 e. The van der Waals surface area contributed by atoms with Gasteiger partial charge in [-0.05, 0) is 32.6 Å². The standard InChI is InChI=1S/C13H22O4/c1-12-6-2-3-7-13(12,17-10-11(12)15)16-9-5-4-8-14/h14H,2-10H2,1H3/t12-,13-/m1/s1. The van der Waals surface area contributed by atoms with Gasteiger partial charge in [0.05, 0.1) is 12.0 Å². The molecule has 0 spiro atoms. The van der Waals surface area contributed by atoms with Gasteiger partial charge in [-0.25, -0.2) is 0 Å². The number of unbranched alkanes of at least 4 members (excludes halogenated alkanes) is 1. The van der Waals surface area contributed by atoms with Gasteiger partial charge in [-0.1, -0.05) is 6.42 Å². The molecule has 0 aromatic heterocycles. The highest BCUT2D eigenvalue weighted by molar-refractivity contribution is 5.88. The van der Waals surface area contributed by atoms with Crippen molar-refractivity contribution in [1.82, 2.24) is 0 Å². The molecule has 1 aliphatic heterocycles. The van der Waals surface area contributed by atoms with Gasteiger partial charge in [0.25, 0.3) is 0 Å². The first-order valence-corrected chi connectivity index (χ1v) is 6.57. The molecule has 0 bridgehead atoms. The van der Waals surface area contributed by atoms with Gasteiger partial charge in [0, 0.05) is 13.0 Å². The molecule has 1 saturated heterocycles. The molecule has 98 valence electrons. The summed E-state index contributed by atoms with van der Waals surface area (Å²) in [5, 5.41) is 8.74. The van der Waals surface area contributed by atoms with E-state index in [-0.39, 0.29) is 19.0 Å². The summed E-state index contributed by atoms with van der Waals surface area (Å²) in [6.45, 7) is 2.92. The van der Waals surface area contributed by atoms with Crippen LogP contribution >= 0.6 is 0 Å². The summed E-state index contributed by atoms with van der Waals surface area (Å²) < 4.78 is 11.6. The van der Waals surface area contributed by atoms with Crippen LogP contribution in [0.5, 0.6) is 0 Å². The van der Waals surface area contributed by atoms with Crippen LogP contribution in [0.4, 0.5) is 0 Å². The van der Waals surface area contributed by atoms with Crippen LogP contribution in [0.3, 0.4) is 0 Å². The maximum absolute atomic E-state index is 12.0. The Balaban J connectivity index is 2.02. The van der Waals surface area contributed by atoms with Crippen molar-refractivity contribution in [2.75, 3.05) is 19.8 Å². The monoisotopic (exact) mass is 242 g/mol. The molecule has 0 unspecified atom stereocenters. The average Bonchev–Trinajstić information content (AvgIpc) is 2.59. The van der Waals surface area contributed by atoms with Crippen molar-refractivity contribution in [2.24, 2.45) is 5.41 Å². The van der Waals surface area contributed by atoms with Crippen LogP contribution in [0.1, 0.15) is 45.4 Å². The number of aliphatic hydroxyl groups excluding tert-OH is 1. The average molecular weight is 242 g/mol. The van der Waals surface area contributed by atoms with Crippen molar-refractivity contribution in [3.8, 4) is 0 Å². The third-order valence-corrected chi connectivity index (χ3v) is 4.21. The zero-order valence-corrected chi connectivity index (χ0v) is 10.5. The molecule has 1 aliphatic carbocycles. The Morgan fingerprint density at radius 1 is 1.35 bits per heavy atom. The summed E-state index contributed by atoms with van der Waals surface area (Å²) >= 11 is 0. The molecule has 1 saturated carbocycles. The van der Waals surface area contributed by atoms with E-state index in [1.165, 1.54) is 0 Å². The number of aliphatic hydroxyl groups is 1.